The zero-order valence-electron chi connectivity index (χ0n) is 10.5. The highest BCUT2D eigenvalue weighted by Gasteiger charge is 2.23. The van der Waals surface area contributed by atoms with Crippen LogP contribution in [0.1, 0.15) is 39.5 Å². The van der Waals surface area contributed by atoms with Crippen molar-refractivity contribution in [2.24, 2.45) is 11.8 Å². The first-order chi connectivity index (χ1) is 8.15. The summed E-state index contributed by atoms with van der Waals surface area (Å²) in [6.45, 7) is 4.59. The Hall–Kier alpha value is -1.19. The van der Waals surface area contributed by atoms with E-state index in [0.717, 1.165) is 24.7 Å². The molecule has 1 N–H and O–H groups in total. The minimum atomic E-state index is -0.390. The SMILES string of the molecule is CC(C)[C@H]1CC[C@H](Nc2ncc(F)cn2)CC1. The molecule has 0 spiro atoms. The summed E-state index contributed by atoms with van der Waals surface area (Å²) in [5.41, 5.74) is 0. The zero-order chi connectivity index (χ0) is 12.3. The largest absolute Gasteiger partial charge is 0.351 e. The van der Waals surface area contributed by atoms with Gasteiger partial charge in [0.15, 0.2) is 5.82 Å². The van der Waals surface area contributed by atoms with Crippen molar-refractivity contribution in [3.8, 4) is 0 Å². The number of nitrogens with zero attached hydrogens (tertiary/aromatic N) is 2. The lowest BCUT2D eigenvalue weighted by Gasteiger charge is -2.31. The van der Waals surface area contributed by atoms with E-state index in [1.54, 1.807) is 0 Å². The smallest absolute Gasteiger partial charge is 0.222 e. The van der Waals surface area contributed by atoms with E-state index >= 15 is 0 Å². The molecule has 1 aromatic heterocycles. The summed E-state index contributed by atoms with van der Waals surface area (Å²) < 4.78 is 12.7. The molecule has 2 rings (SSSR count). The average Bonchev–Trinajstić information content (AvgIpc) is 2.33. The fourth-order valence-corrected chi connectivity index (χ4v) is 2.50. The van der Waals surface area contributed by atoms with Gasteiger partial charge >= 0.3 is 0 Å². The van der Waals surface area contributed by atoms with E-state index in [1.807, 2.05) is 0 Å². The van der Waals surface area contributed by atoms with Crippen LogP contribution >= 0.6 is 0 Å². The van der Waals surface area contributed by atoms with Crippen molar-refractivity contribution in [1.82, 2.24) is 9.97 Å². The summed E-state index contributed by atoms with van der Waals surface area (Å²) in [5, 5.41) is 3.28. The topological polar surface area (TPSA) is 37.8 Å². The molecule has 94 valence electrons. The van der Waals surface area contributed by atoms with Crippen LogP contribution in [-0.2, 0) is 0 Å². The number of halogens is 1. The molecule has 4 heteroatoms. The highest BCUT2D eigenvalue weighted by molar-refractivity contribution is 5.24. The molecule has 17 heavy (non-hydrogen) atoms. The van der Waals surface area contributed by atoms with Gasteiger partial charge in [0.25, 0.3) is 0 Å². The van der Waals surface area contributed by atoms with Crippen molar-refractivity contribution in [2.75, 3.05) is 5.32 Å². The predicted octanol–water partition coefficient (Wildman–Crippen LogP) is 3.24. The number of aromatic nitrogens is 2. The Morgan fingerprint density at radius 1 is 1.18 bits per heavy atom. The van der Waals surface area contributed by atoms with Crippen LogP contribution in [0.25, 0.3) is 0 Å². The number of nitrogens with one attached hydrogen (secondary N) is 1. The molecule has 0 atom stereocenters. The van der Waals surface area contributed by atoms with Gasteiger partial charge in [-0.2, -0.15) is 0 Å². The van der Waals surface area contributed by atoms with Crippen molar-refractivity contribution >= 4 is 5.95 Å². The first-order valence-electron chi connectivity index (χ1n) is 6.39. The van der Waals surface area contributed by atoms with Gasteiger partial charge in [0.05, 0.1) is 12.4 Å². The minimum absolute atomic E-state index is 0.390. The van der Waals surface area contributed by atoms with Crippen LogP contribution < -0.4 is 5.32 Å². The van der Waals surface area contributed by atoms with Crippen molar-refractivity contribution < 1.29 is 4.39 Å². The third-order valence-electron chi connectivity index (χ3n) is 3.67. The van der Waals surface area contributed by atoms with Gasteiger partial charge in [-0.15, -0.1) is 0 Å². The Morgan fingerprint density at radius 2 is 1.76 bits per heavy atom. The zero-order valence-corrected chi connectivity index (χ0v) is 10.5. The van der Waals surface area contributed by atoms with Crippen LogP contribution in [0.4, 0.5) is 10.3 Å². The second kappa shape index (κ2) is 5.43. The molecule has 0 amide bonds. The third kappa shape index (κ3) is 3.38. The fourth-order valence-electron chi connectivity index (χ4n) is 2.50. The molecule has 1 aliphatic rings. The first-order valence-corrected chi connectivity index (χ1v) is 6.39. The van der Waals surface area contributed by atoms with Crippen LogP contribution in [0, 0.1) is 17.7 Å². The first kappa shape index (κ1) is 12.3. The quantitative estimate of drug-likeness (QED) is 0.877. The van der Waals surface area contributed by atoms with E-state index in [2.05, 4.69) is 29.1 Å². The van der Waals surface area contributed by atoms with Crippen LogP contribution in [-0.4, -0.2) is 16.0 Å². The van der Waals surface area contributed by atoms with Crippen LogP contribution in [0.2, 0.25) is 0 Å². The fraction of sp³-hybridized carbons (Fsp3) is 0.692. The molecule has 0 aliphatic heterocycles. The maximum Gasteiger partial charge on any atom is 0.222 e. The Bertz CT molecular complexity index is 342. The summed E-state index contributed by atoms with van der Waals surface area (Å²) in [5.74, 6) is 1.78. The van der Waals surface area contributed by atoms with Gasteiger partial charge < -0.3 is 5.32 Å². The van der Waals surface area contributed by atoms with Crippen molar-refractivity contribution in [1.29, 1.82) is 0 Å². The van der Waals surface area contributed by atoms with Crippen LogP contribution in [0.5, 0.6) is 0 Å². The molecule has 3 nitrogen and oxygen atoms in total. The monoisotopic (exact) mass is 237 g/mol. The summed E-state index contributed by atoms with van der Waals surface area (Å²) in [6.07, 6.45) is 7.24. The van der Waals surface area contributed by atoms with Crippen LogP contribution in [0.3, 0.4) is 0 Å². The molecular formula is C13H20FN3. The third-order valence-corrected chi connectivity index (χ3v) is 3.67. The minimum Gasteiger partial charge on any atom is -0.351 e. The lowest BCUT2D eigenvalue weighted by atomic mass is 9.80. The van der Waals surface area contributed by atoms with E-state index < -0.39 is 0 Å². The maximum absolute atomic E-state index is 12.7. The Morgan fingerprint density at radius 3 is 2.29 bits per heavy atom. The molecule has 0 saturated heterocycles. The van der Waals surface area contributed by atoms with Gasteiger partial charge in [-0.1, -0.05) is 13.8 Å². The highest BCUT2D eigenvalue weighted by atomic mass is 19.1. The van der Waals surface area contributed by atoms with Gasteiger partial charge in [0, 0.05) is 6.04 Å². The summed E-state index contributed by atoms with van der Waals surface area (Å²) in [6, 6.07) is 0.440. The van der Waals surface area contributed by atoms with E-state index in [-0.39, 0.29) is 5.82 Å². The molecule has 0 aromatic carbocycles. The molecule has 0 unspecified atom stereocenters. The molecule has 1 heterocycles. The van der Waals surface area contributed by atoms with Gasteiger partial charge in [0.1, 0.15) is 0 Å². The van der Waals surface area contributed by atoms with Crippen molar-refractivity contribution in [3.63, 3.8) is 0 Å². The molecule has 1 aromatic rings. The van der Waals surface area contributed by atoms with Gasteiger partial charge in [0.2, 0.25) is 5.95 Å². The molecule has 1 saturated carbocycles. The summed E-state index contributed by atoms with van der Waals surface area (Å²) >= 11 is 0. The Kier molecular flexibility index (Phi) is 3.92. The van der Waals surface area contributed by atoms with Gasteiger partial charge in [-0.3, -0.25) is 0 Å². The van der Waals surface area contributed by atoms with Gasteiger partial charge in [-0.25, -0.2) is 14.4 Å². The van der Waals surface area contributed by atoms with E-state index in [0.29, 0.717) is 12.0 Å². The number of anilines is 1. The van der Waals surface area contributed by atoms with E-state index in [1.165, 1.54) is 25.2 Å². The van der Waals surface area contributed by atoms with Gasteiger partial charge in [-0.05, 0) is 37.5 Å². The number of hydrogen-bond acceptors (Lipinski definition) is 3. The Labute approximate surface area is 102 Å². The number of hydrogen-bond donors (Lipinski definition) is 1. The standard InChI is InChI=1S/C13H20FN3/c1-9(2)10-3-5-12(6-4-10)17-13-15-7-11(14)8-16-13/h7-10,12H,3-6H2,1-2H3,(H,15,16,17)/t10-,12-. The van der Waals surface area contributed by atoms with Crippen molar-refractivity contribution in [3.05, 3.63) is 18.2 Å². The second-order valence-corrected chi connectivity index (χ2v) is 5.22. The average molecular weight is 237 g/mol. The molecular weight excluding hydrogens is 217 g/mol. The molecule has 0 bridgehead atoms. The molecule has 0 radical (unpaired) electrons. The lowest BCUT2D eigenvalue weighted by molar-refractivity contribution is 0.266. The summed E-state index contributed by atoms with van der Waals surface area (Å²) in [7, 11) is 0. The Balaban J connectivity index is 1.84. The molecule has 1 fully saturated rings. The highest BCUT2D eigenvalue weighted by Crippen LogP contribution is 2.30. The second-order valence-electron chi connectivity index (χ2n) is 5.22. The maximum atomic E-state index is 12.7. The van der Waals surface area contributed by atoms with Crippen LogP contribution in [0.15, 0.2) is 12.4 Å². The predicted molar refractivity (Wildman–Crippen MR) is 66.2 cm³/mol. The van der Waals surface area contributed by atoms with E-state index in [4.69, 9.17) is 0 Å². The lowest BCUT2D eigenvalue weighted by Crippen LogP contribution is -2.28. The normalized spacial score (nSPS) is 24.9. The molecule has 1 aliphatic carbocycles. The van der Waals surface area contributed by atoms with Crippen molar-refractivity contribution in [2.45, 2.75) is 45.6 Å². The number of rotatable bonds is 3. The van der Waals surface area contributed by atoms with E-state index in [9.17, 15) is 4.39 Å². The summed E-state index contributed by atoms with van der Waals surface area (Å²) in [4.78, 5) is 7.86.